The van der Waals surface area contributed by atoms with E-state index in [0.717, 1.165) is 4.90 Å². The van der Waals surface area contributed by atoms with Crippen molar-refractivity contribution >= 4 is 35.1 Å². The summed E-state index contributed by atoms with van der Waals surface area (Å²) in [6, 6.07) is 11.7. The van der Waals surface area contributed by atoms with Crippen molar-refractivity contribution in [3.8, 4) is 17.6 Å². The Hall–Kier alpha value is -3.51. The van der Waals surface area contributed by atoms with Crippen LogP contribution in [0.15, 0.2) is 46.9 Å². The predicted octanol–water partition coefficient (Wildman–Crippen LogP) is 3.63. The van der Waals surface area contributed by atoms with E-state index in [0.29, 0.717) is 17.9 Å². The molecule has 142 valence electrons. The molecule has 0 bridgehead atoms. The summed E-state index contributed by atoms with van der Waals surface area (Å²) in [6.07, 6.45) is 3.36. The lowest BCUT2D eigenvalue weighted by molar-refractivity contribution is -0.384. The van der Waals surface area contributed by atoms with E-state index in [1.165, 1.54) is 18.2 Å². The number of nitro groups is 1. The van der Waals surface area contributed by atoms with Crippen molar-refractivity contribution in [1.82, 2.24) is 0 Å². The van der Waals surface area contributed by atoms with Crippen molar-refractivity contribution in [3.63, 3.8) is 0 Å². The lowest BCUT2D eigenvalue weighted by atomic mass is 10.1. The number of ether oxygens (including phenoxy) is 2. The molecule has 1 N–H and O–H groups in total. The minimum Gasteiger partial charge on any atom is -0.486 e. The number of hydrogen-bond donors (Lipinski definition) is 1. The van der Waals surface area contributed by atoms with Crippen LogP contribution in [0, 0.1) is 21.4 Å². The van der Waals surface area contributed by atoms with E-state index in [2.05, 4.69) is 5.32 Å². The van der Waals surface area contributed by atoms with Crippen molar-refractivity contribution < 1.29 is 19.2 Å². The normalized spacial score (nSPS) is 12.8. The zero-order chi connectivity index (χ0) is 20.1. The summed E-state index contributed by atoms with van der Waals surface area (Å²) >= 11 is 1.57. The first-order valence-corrected chi connectivity index (χ1v) is 9.39. The number of carbonyl (C=O) groups excluding carboxylic acids is 1. The number of nitrogens with zero attached hydrogens (tertiary/aromatic N) is 2. The van der Waals surface area contributed by atoms with Crippen LogP contribution in [-0.4, -0.2) is 30.3 Å². The molecule has 0 fully saturated rings. The second-order valence-corrected chi connectivity index (χ2v) is 6.55. The van der Waals surface area contributed by atoms with Crippen molar-refractivity contribution in [1.29, 1.82) is 5.26 Å². The predicted molar refractivity (Wildman–Crippen MR) is 105 cm³/mol. The van der Waals surface area contributed by atoms with Gasteiger partial charge in [0.2, 0.25) is 0 Å². The Labute approximate surface area is 164 Å². The molecule has 1 aliphatic rings. The summed E-state index contributed by atoms with van der Waals surface area (Å²) in [7, 11) is 0. The summed E-state index contributed by atoms with van der Waals surface area (Å²) in [5.74, 6) is -0.223. The van der Waals surface area contributed by atoms with E-state index in [1.807, 2.05) is 24.5 Å². The molecule has 0 radical (unpaired) electrons. The van der Waals surface area contributed by atoms with Gasteiger partial charge in [-0.1, -0.05) is 12.1 Å². The molecule has 1 heterocycles. The summed E-state index contributed by atoms with van der Waals surface area (Å²) in [5.41, 5.74) is 0.0691. The van der Waals surface area contributed by atoms with Gasteiger partial charge in [0.05, 0.1) is 11.0 Å². The topological polar surface area (TPSA) is 114 Å². The van der Waals surface area contributed by atoms with Gasteiger partial charge in [0.15, 0.2) is 11.5 Å². The summed E-state index contributed by atoms with van der Waals surface area (Å²) < 4.78 is 10.7. The molecule has 1 aliphatic heterocycles. The maximum absolute atomic E-state index is 12.5. The zero-order valence-corrected chi connectivity index (χ0v) is 15.6. The van der Waals surface area contributed by atoms with Gasteiger partial charge >= 0.3 is 0 Å². The highest BCUT2D eigenvalue weighted by atomic mass is 32.2. The molecule has 8 nitrogen and oxygen atoms in total. The molecule has 0 unspecified atom stereocenters. The van der Waals surface area contributed by atoms with Crippen molar-refractivity contribution in [2.24, 2.45) is 0 Å². The number of amides is 1. The Morgan fingerprint density at radius 2 is 1.89 bits per heavy atom. The van der Waals surface area contributed by atoms with Crippen LogP contribution in [0.2, 0.25) is 0 Å². The highest BCUT2D eigenvalue weighted by Gasteiger charge is 2.24. The first-order chi connectivity index (χ1) is 13.5. The fourth-order valence-corrected chi connectivity index (χ4v) is 2.94. The molecular weight excluding hydrogens is 382 g/mol. The van der Waals surface area contributed by atoms with E-state index in [-0.39, 0.29) is 29.3 Å². The molecule has 0 saturated carbocycles. The maximum Gasteiger partial charge on any atom is 0.296 e. The molecule has 0 atom stereocenters. The smallest absolute Gasteiger partial charge is 0.296 e. The van der Waals surface area contributed by atoms with E-state index in [1.54, 1.807) is 23.9 Å². The Morgan fingerprint density at radius 1 is 1.25 bits per heavy atom. The van der Waals surface area contributed by atoms with Gasteiger partial charge in [-0.25, -0.2) is 0 Å². The standard InChI is InChI=1S/C19H15N3O5S/c1-28-14-4-2-12(3-5-14)8-13(11-20)19(23)21-15-9-17-18(27-7-6-26-17)10-16(15)22(24)25/h2-5,8-10H,6-7H2,1H3,(H,21,23)/b13-8+. The second-order valence-electron chi connectivity index (χ2n) is 5.67. The van der Waals surface area contributed by atoms with E-state index in [9.17, 15) is 20.2 Å². The van der Waals surface area contributed by atoms with Crippen LogP contribution in [0.25, 0.3) is 6.08 Å². The number of carbonyl (C=O) groups is 1. The van der Waals surface area contributed by atoms with Gasteiger partial charge in [-0.15, -0.1) is 11.8 Å². The van der Waals surface area contributed by atoms with Crippen molar-refractivity contribution in [2.75, 3.05) is 24.8 Å². The number of nitriles is 1. The summed E-state index contributed by atoms with van der Waals surface area (Å²) in [4.78, 5) is 24.3. The number of anilines is 1. The fraction of sp³-hybridized carbons (Fsp3) is 0.158. The number of hydrogen-bond acceptors (Lipinski definition) is 7. The van der Waals surface area contributed by atoms with Crippen LogP contribution >= 0.6 is 11.8 Å². The third-order valence-electron chi connectivity index (χ3n) is 3.90. The van der Waals surface area contributed by atoms with E-state index >= 15 is 0 Å². The molecule has 0 spiro atoms. The molecule has 1 amide bonds. The van der Waals surface area contributed by atoms with Gasteiger partial charge in [-0.05, 0) is 30.0 Å². The quantitative estimate of drug-likeness (QED) is 0.269. The number of nitrogens with one attached hydrogen (secondary N) is 1. The average molecular weight is 397 g/mol. The molecule has 28 heavy (non-hydrogen) atoms. The first-order valence-electron chi connectivity index (χ1n) is 8.17. The van der Waals surface area contributed by atoms with Gasteiger partial charge in [0, 0.05) is 11.0 Å². The highest BCUT2D eigenvalue weighted by molar-refractivity contribution is 7.98. The fourth-order valence-electron chi connectivity index (χ4n) is 2.53. The largest absolute Gasteiger partial charge is 0.486 e. The van der Waals surface area contributed by atoms with Crippen molar-refractivity contribution in [2.45, 2.75) is 4.90 Å². The SMILES string of the molecule is CSc1ccc(/C=C(\C#N)C(=O)Nc2cc3c(cc2[N+](=O)[O-])OCCO3)cc1. The molecule has 2 aromatic carbocycles. The number of nitro benzene ring substituents is 1. The molecule has 0 aliphatic carbocycles. The van der Waals surface area contributed by atoms with Gasteiger partial charge in [-0.2, -0.15) is 5.26 Å². The molecule has 3 rings (SSSR count). The molecule has 0 aromatic heterocycles. The maximum atomic E-state index is 12.5. The Morgan fingerprint density at radius 3 is 2.46 bits per heavy atom. The van der Waals surface area contributed by atoms with Gasteiger partial charge in [0.1, 0.15) is 30.5 Å². The average Bonchev–Trinajstić information content (AvgIpc) is 2.71. The van der Waals surface area contributed by atoms with Crippen molar-refractivity contribution in [3.05, 3.63) is 57.6 Å². The second kappa shape index (κ2) is 8.45. The van der Waals surface area contributed by atoms with Gasteiger partial charge < -0.3 is 14.8 Å². The summed E-state index contributed by atoms with van der Waals surface area (Å²) in [5, 5.41) is 23.1. The number of thioether (sulfide) groups is 1. The molecule has 9 heteroatoms. The Bertz CT molecular complexity index is 996. The van der Waals surface area contributed by atoms with E-state index in [4.69, 9.17) is 9.47 Å². The third-order valence-corrected chi connectivity index (χ3v) is 4.64. The van der Waals surface area contributed by atoms with Crippen LogP contribution < -0.4 is 14.8 Å². The zero-order valence-electron chi connectivity index (χ0n) is 14.8. The lowest BCUT2D eigenvalue weighted by Crippen LogP contribution is -2.18. The van der Waals surface area contributed by atoms with E-state index < -0.39 is 10.8 Å². The Balaban J connectivity index is 1.89. The summed E-state index contributed by atoms with van der Waals surface area (Å²) in [6.45, 7) is 0.583. The first kappa shape index (κ1) is 19.3. The number of rotatable bonds is 5. The van der Waals surface area contributed by atoms with Gasteiger partial charge in [-0.3, -0.25) is 14.9 Å². The lowest BCUT2D eigenvalue weighted by Gasteiger charge is -2.19. The van der Waals surface area contributed by atoms with Crippen LogP contribution in [-0.2, 0) is 4.79 Å². The minimum absolute atomic E-state index is 0.0712. The van der Waals surface area contributed by atoms with Crippen LogP contribution in [0.5, 0.6) is 11.5 Å². The minimum atomic E-state index is -0.753. The highest BCUT2D eigenvalue weighted by Crippen LogP contribution is 2.39. The Kier molecular flexibility index (Phi) is 5.81. The van der Waals surface area contributed by atoms with Gasteiger partial charge in [0.25, 0.3) is 11.6 Å². The molecule has 0 saturated heterocycles. The van der Waals surface area contributed by atoms with Crippen LogP contribution in [0.1, 0.15) is 5.56 Å². The number of fused-ring (bicyclic) bond motifs is 1. The van der Waals surface area contributed by atoms with Crippen LogP contribution in [0.4, 0.5) is 11.4 Å². The third kappa shape index (κ3) is 4.24. The molecule has 2 aromatic rings. The monoisotopic (exact) mass is 397 g/mol. The molecular formula is C19H15N3O5S. The number of benzene rings is 2. The van der Waals surface area contributed by atoms with Crippen LogP contribution in [0.3, 0.4) is 0 Å².